The van der Waals surface area contributed by atoms with Crippen LogP contribution < -0.4 is 0 Å². The van der Waals surface area contributed by atoms with Crippen LogP contribution in [0.5, 0.6) is 0 Å². The van der Waals surface area contributed by atoms with Crippen molar-refractivity contribution in [3.05, 3.63) is 0 Å². The number of aliphatic hydroxyl groups excluding tert-OH is 2. The lowest BCUT2D eigenvalue weighted by atomic mass is 9.80. The van der Waals surface area contributed by atoms with E-state index in [2.05, 4.69) is 0 Å². The summed E-state index contributed by atoms with van der Waals surface area (Å²) >= 11 is 0. The van der Waals surface area contributed by atoms with Crippen molar-refractivity contribution < 1.29 is 10.2 Å². The molecule has 2 unspecified atom stereocenters. The van der Waals surface area contributed by atoms with Gasteiger partial charge in [-0.25, -0.2) is 0 Å². The van der Waals surface area contributed by atoms with E-state index in [-0.39, 0.29) is 18.1 Å². The third-order valence-corrected chi connectivity index (χ3v) is 1.70. The highest BCUT2D eigenvalue weighted by molar-refractivity contribution is 4.85. The van der Waals surface area contributed by atoms with Crippen LogP contribution in [-0.4, -0.2) is 22.4 Å². The van der Waals surface area contributed by atoms with Gasteiger partial charge in [-0.1, -0.05) is 6.92 Å². The quantitative estimate of drug-likeness (QED) is 0.442. The molecule has 0 aliphatic heterocycles. The van der Waals surface area contributed by atoms with Gasteiger partial charge in [0.25, 0.3) is 0 Å². The van der Waals surface area contributed by atoms with Crippen LogP contribution >= 0.6 is 0 Å². The van der Waals surface area contributed by atoms with Crippen molar-refractivity contribution in [1.82, 2.24) is 0 Å². The Kier molecular flexibility index (Phi) is 1.05. The van der Waals surface area contributed by atoms with Gasteiger partial charge in [0, 0.05) is 5.92 Å². The van der Waals surface area contributed by atoms with E-state index in [0.717, 1.165) is 0 Å². The standard InChI is InChI=1S/C5H10O2/c1-3-4(6)2-5(3)7/h3-7H,2H2,1H3. The molecule has 0 aromatic rings. The van der Waals surface area contributed by atoms with E-state index >= 15 is 0 Å². The fourth-order valence-electron chi connectivity index (χ4n) is 0.737. The summed E-state index contributed by atoms with van der Waals surface area (Å²) in [6.45, 7) is 1.85. The number of aliphatic hydroxyl groups is 2. The van der Waals surface area contributed by atoms with E-state index in [1.54, 1.807) is 0 Å². The van der Waals surface area contributed by atoms with Gasteiger partial charge in [0.05, 0.1) is 12.2 Å². The molecule has 2 nitrogen and oxygen atoms in total. The van der Waals surface area contributed by atoms with Gasteiger partial charge in [0.15, 0.2) is 0 Å². The lowest BCUT2D eigenvalue weighted by Gasteiger charge is -2.34. The van der Waals surface area contributed by atoms with Crippen LogP contribution in [0.2, 0.25) is 0 Å². The summed E-state index contributed by atoms with van der Waals surface area (Å²) in [5.74, 6) is 0.111. The number of hydrogen-bond acceptors (Lipinski definition) is 2. The van der Waals surface area contributed by atoms with Crippen molar-refractivity contribution in [2.24, 2.45) is 5.92 Å². The average molecular weight is 102 g/mol. The molecule has 0 radical (unpaired) electrons. The minimum absolute atomic E-state index is 0.111. The van der Waals surface area contributed by atoms with Crippen LogP contribution in [-0.2, 0) is 0 Å². The molecule has 0 heterocycles. The molecule has 0 bridgehead atoms. The summed E-state index contributed by atoms with van der Waals surface area (Å²) in [7, 11) is 0. The maximum absolute atomic E-state index is 8.73. The van der Waals surface area contributed by atoms with E-state index in [1.807, 2.05) is 6.92 Å². The highest BCUT2D eigenvalue weighted by Crippen LogP contribution is 2.26. The molecule has 0 amide bonds. The highest BCUT2D eigenvalue weighted by atomic mass is 16.3. The van der Waals surface area contributed by atoms with E-state index in [9.17, 15) is 0 Å². The zero-order valence-corrected chi connectivity index (χ0v) is 4.33. The molecule has 2 heteroatoms. The molecule has 1 aliphatic rings. The molecule has 2 atom stereocenters. The molecular weight excluding hydrogens is 92.1 g/mol. The van der Waals surface area contributed by atoms with E-state index in [0.29, 0.717) is 6.42 Å². The third kappa shape index (κ3) is 0.640. The van der Waals surface area contributed by atoms with Gasteiger partial charge in [0.1, 0.15) is 0 Å². The van der Waals surface area contributed by atoms with Crippen molar-refractivity contribution in [3.63, 3.8) is 0 Å². The molecule has 1 saturated carbocycles. The Morgan fingerprint density at radius 2 is 1.71 bits per heavy atom. The predicted octanol–water partition coefficient (Wildman–Crippen LogP) is -0.252. The number of hydrogen-bond donors (Lipinski definition) is 2. The smallest absolute Gasteiger partial charge is 0.0615 e. The minimum Gasteiger partial charge on any atom is -0.393 e. The average Bonchev–Trinajstić information content (AvgIpc) is 1.68. The Bertz CT molecular complexity index is 64.5. The van der Waals surface area contributed by atoms with Gasteiger partial charge in [-0.05, 0) is 6.42 Å². The Morgan fingerprint density at radius 1 is 1.29 bits per heavy atom. The van der Waals surface area contributed by atoms with Crippen molar-refractivity contribution in [1.29, 1.82) is 0 Å². The Labute approximate surface area is 42.8 Å². The molecule has 1 fully saturated rings. The van der Waals surface area contributed by atoms with Gasteiger partial charge >= 0.3 is 0 Å². The monoisotopic (exact) mass is 102 g/mol. The van der Waals surface area contributed by atoms with Gasteiger partial charge < -0.3 is 10.2 Å². The normalized spacial score (nSPS) is 51.0. The van der Waals surface area contributed by atoms with E-state index in [1.165, 1.54) is 0 Å². The van der Waals surface area contributed by atoms with Crippen LogP contribution in [0.1, 0.15) is 13.3 Å². The third-order valence-electron chi connectivity index (χ3n) is 1.70. The molecule has 1 rings (SSSR count). The van der Waals surface area contributed by atoms with Gasteiger partial charge in [-0.15, -0.1) is 0 Å². The van der Waals surface area contributed by atoms with Crippen molar-refractivity contribution in [2.45, 2.75) is 25.6 Å². The molecular formula is C5H10O2. The summed E-state index contributed by atoms with van der Waals surface area (Å²) in [5, 5.41) is 17.5. The van der Waals surface area contributed by atoms with E-state index < -0.39 is 0 Å². The Balaban J connectivity index is 2.29. The highest BCUT2D eigenvalue weighted by Gasteiger charge is 2.34. The SMILES string of the molecule is CC1C(O)CC1O. The first-order valence-electron chi connectivity index (χ1n) is 2.58. The largest absolute Gasteiger partial charge is 0.393 e. The molecule has 7 heavy (non-hydrogen) atoms. The molecule has 0 aromatic carbocycles. The van der Waals surface area contributed by atoms with Crippen LogP contribution in [0.4, 0.5) is 0 Å². The summed E-state index contributed by atoms with van der Waals surface area (Å²) in [6.07, 6.45) is 0.0891. The van der Waals surface area contributed by atoms with Crippen molar-refractivity contribution in [3.8, 4) is 0 Å². The summed E-state index contributed by atoms with van der Waals surface area (Å²) < 4.78 is 0. The summed E-state index contributed by atoms with van der Waals surface area (Å²) in [6, 6.07) is 0. The second kappa shape index (κ2) is 1.46. The zero-order valence-electron chi connectivity index (χ0n) is 4.33. The first-order chi connectivity index (χ1) is 3.22. The fraction of sp³-hybridized carbons (Fsp3) is 1.00. The Hall–Kier alpha value is -0.0800. The van der Waals surface area contributed by atoms with Crippen LogP contribution in [0, 0.1) is 5.92 Å². The molecule has 42 valence electrons. The molecule has 0 saturated heterocycles. The predicted molar refractivity (Wildman–Crippen MR) is 25.8 cm³/mol. The minimum atomic E-state index is -0.241. The molecule has 0 spiro atoms. The molecule has 1 aliphatic carbocycles. The summed E-state index contributed by atoms with van der Waals surface area (Å²) in [5.41, 5.74) is 0. The van der Waals surface area contributed by atoms with Crippen molar-refractivity contribution >= 4 is 0 Å². The second-order valence-electron chi connectivity index (χ2n) is 2.23. The first-order valence-corrected chi connectivity index (χ1v) is 2.58. The topological polar surface area (TPSA) is 40.5 Å². The molecule has 2 N–H and O–H groups in total. The lowest BCUT2D eigenvalue weighted by Crippen LogP contribution is -2.43. The van der Waals surface area contributed by atoms with Gasteiger partial charge in [0.2, 0.25) is 0 Å². The van der Waals surface area contributed by atoms with Crippen LogP contribution in [0.15, 0.2) is 0 Å². The van der Waals surface area contributed by atoms with Crippen LogP contribution in [0.25, 0.3) is 0 Å². The summed E-state index contributed by atoms with van der Waals surface area (Å²) in [4.78, 5) is 0. The van der Waals surface area contributed by atoms with Crippen LogP contribution in [0.3, 0.4) is 0 Å². The maximum atomic E-state index is 8.73. The van der Waals surface area contributed by atoms with Crippen molar-refractivity contribution in [2.75, 3.05) is 0 Å². The maximum Gasteiger partial charge on any atom is 0.0615 e. The zero-order chi connectivity index (χ0) is 5.44. The number of rotatable bonds is 0. The second-order valence-corrected chi connectivity index (χ2v) is 2.23. The first kappa shape index (κ1) is 5.06. The molecule has 0 aromatic heterocycles. The lowest BCUT2D eigenvalue weighted by molar-refractivity contribution is -0.0821. The fourth-order valence-corrected chi connectivity index (χ4v) is 0.737. The van der Waals surface area contributed by atoms with Gasteiger partial charge in [-0.2, -0.15) is 0 Å². The van der Waals surface area contributed by atoms with Gasteiger partial charge in [-0.3, -0.25) is 0 Å². The van der Waals surface area contributed by atoms with E-state index in [4.69, 9.17) is 10.2 Å². The Morgan fingerprint density at radius 3 is 1.71 bits per heavy atom.